The molecule has 1 N–H and O–H groups in total. The molecule has 1 amide bonds. The molecule has 0 atom stereocenters. The number of methoxy groups -OCH3 is 1. The van der Waals surface area contributed by atoms with Crippen molar-refractivity contribution in [3.8, 4) is 17.6 Å². The van der Waals surface area contributed by atoms with Gasteiger partial charge in [-0.15, -0.1) is 0 Å². The molecule has 0 saturated heterocycles. The Balaban J connectivity index is 1.69. The molecule has 0 spiro atoms. The predicted molar refractivity (Wildman–Crippen MR) is 125 cm³/mol. The van der Waals surface area contributed by atoms with E-state index in [9.17, 15) is 25.0 Å². The number of anilines is 1. The smallest absolute Gasteiger partial charge is 0.343 e. The van der Waals surface area contributed by atoms with Crippen LogP contribution >= 0.6 is 11.6 Å². The number of nitro groups is 1. The fraction of sp³-hybridized carbons (Fsp3) is 0.0417. The highest BCUT2D eigenvalue weighted by molar-refractivity contribution is 6.34. The van der Waals surface area contributed by atoms with Crippen molar-refractivity contribution in [2.45, 2.75) is 0 Å². The summed E-state index contributed by atoms with van der Waals surface area (Å²) >= 11 is 5.97. The topological polar surface area (TPSA) is 132 Å². The number of hydrogen-bond acceptors (Lipinski definition) is 7. The van der Waals surface area contributed by atoms with Crippen LogP contribution in [0.3, 0.4) is 0 Å². The summed E-state index contributed by atoms with van der Waals surface area (Å²) in [5, 5.41) is 22.6. The number of non-ortho nitro benzene ring substituents is 1. The van der Waals surface area contributed by atoms with Crippen molar-refractivity contribution < 1.29 is 24.0 Å². The SMILES string of the molecule is COc1ccc(C(=O)Oc2ccc(/C=C(\C#N)C(=O)Nc3ccc([N+](=O)[O-])cc3Cl)cc2)cc1. The van der Waals surface area contributed by atoms with Gasteiger partial charge >= 0.3 is 5.97 Å². The highest BCUT2D eigenvalue weighted by Crippen LogP contribution is 2.27. The summed E-state index contributed by atoms with van der Waals surface area (Å²) in [6.07, 6.45) is 1.34. The Labute approximate surface area is 198 Å². The van der Waals surface area contributed by atoms with Gasteiger partial charge in [0.05, 0.1) is 28.3 Å². The molecule has 0 aliphatic rings. The molecule has 3 aromatic carbocycles. The lowest BCUT2D eigenvalue weighted by Gasteiger charge is -2.07. The van der Waals surface area contributed by atoms with Crippen molar-refractivity contribution in [2.24, 2.45) is 0 Å². The number of carbonyl (C=O) groups excluding carboxylic acids is 2. The van der Waals surface area contributed by atoms with Crippen LogP contribution < -0.4 is 14.8 Å². The van der Waals surface area contributed by atoms with Gasteiger partial charge in [-0.3, -0.25) is 14.9 Å². The molecule has 0 saturated carbocycles. The van der Waals surface area contributed by atoms with Crippen LogP contribution in [0.2, 0.25) is 5.02 Å². The largest absolute Gasteiger partial charge is 0.497 e. The van der Waals surface area contributed by atoms with Crippen molar-refractivity contribution in [1.82, 2.24) is 0 Å². The molecule has 0 unspecified atom stereocenters. The zero-order valence-electron chi connectivity index (χ0n) is 17.7. The van der Waals surface area contributed by atoms with Crippen LogP contribution in [-0.4, -0.2) is 23.9 Å². The molecule has 10 heteroatoms. The van der Waals surface area contributed by atoms with Crippen LogP contribution in [0.15, 0.2) is 72.3 Å². The van der Waals surface area contributed by atoms with E-state index in [0.29, 0.717) is 16.9 Å². The van der Waals surface area contributed by atoms with Crippen LogP contribution in [0.1, 0.15) is 15.9 Å². The minimum absolute atomic E-state index is 0.0390. The van der Waals surface area contributed by atoms with Gasteiger partial charge < -0.3 is 14.8 Å². The highest BCUT2D eigenvalue weighted by Gasteiger charge is 2.15. The van der Waals surface area contributed by atoms with Gasteiger partial charge in [-0.1, -0.05) is 23.7 Å². The molecule has 0 aromatic heterocycles. The van der Waals surface area contributed by atoms with Gasteiger partial charge in [-0.25, -0.2) is 4.79 Å². The average molecular weight is 478 g/mol. The van der Waals surface area contributed by atoms with Gasteiger partial charge in [-0.2, -0.15) is 5.26 Å². The summed E-state index contributed by atoms with van der Waals surface area (Å²) in [5.41, 5.74) is 0.521. The van der Waals surface area contributed by atoms with Gasteiger partial charge in [0.2, 0.25) is 0 Å². The molecule has 34 heavy (non-hydrogen) atoms. The quantitative estimate of drug-likeness (QED) is 0.126. The number of nitrogens with zero attached hydrogens (tertiary/aromatic N) is 2. The van der Waals surface area contributed by atoms with Gasteiger partial charge in [0.15, 0.2) is 0 Å². The van der Waals surface area contributed by atoms with E-state index in [1.54, 1.807) is 42.5 Å². The van der Waals surface area contributed by atoms with Gasteiger partial charge in [0, 0.05) is 12.1 Å². The molecule has 0 aliphatic heterocycles. The second-order valence-corrected chi connectivity index (χ2v) is 7.14. The number of nitrogens with one attached hydrogen (secondary N) is 1. The van der Waals surface area contributed by atoms with Crippen LogP contribution in [0, 0.1) is 21.4 Å². The lowest BCUT2D eigenvalue weighted by atomic mass is 10.1. The average Bonchev–Trinajstić information content (AvgIpc) is 2.84. The van der Waals surface area contributed by atoms with Gasteiger partial charge in [0.1, 0.15) is 23.1 Å². The van der Waals surface area contributed by atoms with E-state index in [1.165, 1.54) is 37.5 Å². The first-order chi connectivity index (χ1) is 16.3. The number of carbonyl (C=O) groups is 2. The number of ether oxygens (including phenoxy) is 2. The second kappa shape index (κ2) is 10.8. The summed E-state index contributed by atoms with van der Waals surface area (Å²) in [6.45, 7) is 0. The number of esters is 1. The Morgan fingerprint density at radius 3 is 2.26 bits per heavy atom. The molecular formula is C24H16ClN3O6. The number of hydrogen-bond donors (Lipinski definition) is 1. The Morgan fingerprint density at radius 2 is 1.71 bits per heavy atom. The minimum Gasteiger partial charge on any atom is -0.497 e. The summed E-state index contributed by atoms with van der Waals surface area (Å²) in [4.78, 5) is 34.9. The third-order valence-corrected chi connectivity index (χ3v) is 4.82. The number of halogens is 1. The molecule has 0 bridgehead atoms. The van der Waals surface area contributed by atoms with Crippen LogP contribution in [0.5, 0.6) is 11.5 Å². The Hall–Kier alpha value is -4.68. The van der Waals surface area contributed by atoms with E-state index in [0.717, 1.165) is 6.07 Å². The zero-order valence-corrected chi connectivity index (χ0v) is 18.4. The summed E-state index contributed by atoms with van der Waals surface area (Å²) in [7, 11) is 1.52. The van der Waals surface area contributed by atoms with Gasteiger partial charge in [0.25, 0.3) is 11.6 Å². The van der Waals surface area contributed by atoms with E-state index in [4.69, 9.17) is 21.1 Å². The predicted octanol–water partition coefficient (Wildman–Crippen LogP) is 5.02. The van der Waals surface area contributed by atoms with E-state index < -0.39 is 16.8 Å². The van der Waals surface area contributed by atoms with E-state index in [2.05, 4.69) is 5.32 Å². The maximum Gasteiger partial charge on any atom is 0.343 e. The molecule has 0 fully saturated rings. The van der Waals surface area contributed by atoms with Crippen molar-refractivity contribution >= 4 is 40.9 Å². The lowest BCUT2D eigenvalue weighted by molar-refractivity contribution is -0.384. The summed E-state index contributed by atoms with van der Waals surface area (Å²) in [6, 6.07) is 18.0. The Morgan fingerprint density at radius 1 is 1.06 bits per heavy atom. The number of benzene rings is 3. The first-order valence-electron chi connectivity index (χ1n) is 9.64. The lowest BCUT2D eigenvalue weighted by Crippen LogP contribution is -2.13. The standard InChI is InChI=1S/C24H16ClN3O6/c1-33-19-9-4-16(5-10-19)24(30)34-20-7-2-15(3-8-20)12-17(14-26)23(29)27-22-11-6-18(28(31)32)13-21(22)25/h2-13H,1H3,(H,27,29)/b17-12+. The van der Waals surface area contributed by atoms with Gasteiger partial charge in [-0.05, 0) is 54.1 Å². The molecule has 170 valence electrons. The minimum atomic E-state index is -0.742. The Kier molecular flexibility index (Phi) is 7.59. The number of nitriles is 1. The van der Waals surface area contributed by atoms with Crippen LogP contribution in [0.25, 0.3) is 6.08 Å². The van der Waals surface area contributed by atoms with Crippen molar-refractivity contribution in [1.29, 1.82) is 5.26 Å². The molecule has 0 radical (unpaired) electrons. The van der Waals surface area contributed by atoms with E-state index >= 15 is 0 Å². The number of amides is 1. The number of rotatable bonds is 7. The summed E-state index contributed by atoms with van der Waals surface area (Å²) < 4.78 is 10.4. The maximum absolute atomic E-state index is 12.5. The molecule has 3 aromatic rings. The zero-order chi connectivity index (χ0) is 24.7. The fourth-order valence-electron chi connectivity index (χ4n) is 2.75. The van der Waals surface area contributed by atoms with Crippen molar-refractivity contribution in [3.05, 3.63) is 98.6 Å². The van der Waals surface area contributed by atoms with E-state index in [-0.39, 0.29) is 27.7 Å². The maximum atomic E-state index is 12.5. The summed E-state index contributed by atoms with van der Waals surface area (Å²) in [5.74, 6) is -0.407. The molecule has 0 aliphatic carbocycles. The van der Waals surface area contributed by atoms with E-state index in [1.807, 2.05) is 0 Å². The molecular weight excluding hydrogens is 462 g/mol. The Bertz CT molecular complexity index is 1310. The first kappa shape index (κ1) is 24.0. The normalized spacial score (nSPS) is 10.7. The molecule has 0 heterocycles. The molecule has 9 nitrogen and oxygen atoms in total. The second-order valence-electron chi connectivity index (χ2n) is 6.73. The molecule has 3 rings (SSSR count). The third kappa shape index (κ3) is 5.97. The van der Waals surface area contributed by atoms with Crippen molar-refractivity contribution in [2.75, 3.05) is 12.4 Å². The van der Waals surface area contributed by atoms with Crippen molar-refractivity contribution in [3.63, 3.8) is 0 Å². The first-order valence-corrected chi connectivity index (χ1v) is 10.0. The number of nitro benzene ring substituents is 1. The van der Waals surface area contributed by atoms with Crippen LogP contribution in [0.4, 0.5) is 11.4 Å². The highest BCUT2D eigenvalue weighted by atomic mass is 35.5. The van der Waals surface area contributed by atoms with Crippen LogP contribution in [-0.2, 0) is 4.79 Å². The monoisotopic (exact) mass is 477 g/mol. The third-order valence-electron chi connectivity index (χ3n) is 4.50. The fourth-order valence-corrected chi connectivity index (χ4v) is 2.97.